The lowest BCUT2D eigenvalue weighted by molar-refractivity contribution is 0.208. The summed E-state index contributed by atoms with van der Waals surface area (Å²) >= 11 is 0. The average molecular weight is 289 g/mol. The lowest BCUT2D eigenvalue weighted by Crippen LogP contribution is -2.40. The fourth-order valence-corrected chi connectivity index (χ4v) is 3.14. The molecule has 1 aromatic heterocycles. The molecular weight excluding hydrogens is 269 g/mol. The fourth-order valence-electron chi connectivity index (χ4n) is 3.14. The largest absolute Gasteiger partial charge is 0.338 e. The van der Waals surface area contributed by atoms with Crippen LogP contribution in [0.1, 0.15) is 38.5 Å². The van der Waals surface area contributed by atoms with Crippen molar-refractivity contribution in [3.05, 3.63) is 36.0 Å². The van der Waals surface area contributed by atoms with Crippen LogP contribution in [0.5, 0.6) is 0 Å². The Labute approximate surface area is 123 Å². The van der Waals surface area contributed by atoms with E-state index in [-0.39, 0.29) is 11.2 Å². The Morgan fingerprint density at radius 3 is 2.86 bits per heavy atom. The van der Waals surface area contributed by atoms with Crippen molar-refractivity contribution in [2.45, 2.75) is 38.0 Å². The van der Waals surface area contributed by atoms with Gasteiger partial charge in [-0.1, -0.05) is 30.6 Å². The van der Waals surface area contributed by atoms with Gasteiger partial charge < -0.3 is 9.84 Å². The first kappa shape index (κ1) is 14.2. The fraction of sp³-hybridized carbons (Fsp3) is 0.500. The van der Waals surface area contributed by atoms with Gasteiger partial charge in [0.2, 0.25) is 11.7 Å². The molecule has 2 heterocycles. The van der Waals surface area contributed by atoms with Crippen molar-refractivity contribution in [1.82, 2.24) is 15.5 Å². The van der Waals surface area contributed by atoms with Crippen LogP contribution in [0.4, 0.5) is 4.39 Å². The van der Waals surface area contributed by atoms with Crippen LogP contribution in [0.25, 0.3) is 11.4 Å². The minimum atomic E-state index is -0.288. The molecule has 0 atom stereocenters. The monoisotopic (exact) mass is 289 g/mol. The molecule has 2 aromatic rings. The van der Waals surface area contributed by atoms with Gasteiger partial charge in [-0.05, 0) is 44.5 Å². The summed E-state index contributed by atoms with van der Waals surface area (Å²) in [7, 11) is 0. The van der Waals surface area contributed by atoms with Gasteiger partial charge >= 0.3 is 0 Å². The Morgan fingerprint density at radius 2 is 2.14 bits per heavy atom. The maximum absolute atomic E-state index is 13.3. The summed E-state index contributed by atoms with van der Waals surface area (Å²) in [5.74, 6) is 0.882. The molecule has 0 radical (unpaired) electrons. The molecule has 5 heteroatoms. The minimum Gasteiger partial charge on any atom is -0.338 e. The van der Waals surface area contributed by atoms with Gasteiger partial charge in [-0.25, -0.2) is 4.39 Å². The Balaban J connectivity index is 1.92. The van der Waals surface area contributed by atoms with Crippen molar-refractivity contribution < 1.29 is 8.91 Å². The van der Waals surface area contributed by atoms with Gasteiger partial charge in [-0.2, -0.15) is 4.98 Å². The number of aromatic nitrogens is 2. The predicted octanol–water partition coefficient (Wildman–Crippen LogP) is 3.30. The molecule has 0 saturated carbocycles. The van der Waals surface area contributed by atoms with E-state index in [1.165, 1.54) is 12.1 Å². The van der Waals surface area contributed by atoms with E-state index in [0.29, 0.717) is 17.3 Å². The number of benzene rings is 1. The van der Waals surface area contributed by atoms with Gasteiger partial charge in [-0.15, -0.1) is 0 Å². The molecule has 21 heavy (non-hydrogen) atoms. The molecule has 1 aliphatic heterocycles. The van der Waals surface area contributed by atoms with Gasteiger partial charge in [0.15, 0.2) is 0 Å². The van der Waals surface area contributed by atoms with Crippen LogP contribution < -0.4 is 5.32 Å². The summed E-state index contributed by atoms with van der Waals surface area (Å²) < 4.78 is 18.9. The molecule has 0 spiro atoms. The molecule has 0 aliphatic carbocycles. The van der Waals surface area contributed by atoms with Crippen molar-refractivity contribution in [3.63, 3.8) is 0 Å². The number of piperidine rings is 1. The van der Waals surface area contributed by atoms with E-state index in [1.807, 2.05) is 0 Å². The predicted molar refractivity (Wildman–Crippen MR) is 78.4 cm³/mol. The minimum absolute atomic E-state index is 0.0292. The molecule has 0 unspecified atom stereocenters. The second-order valence-corrected chi connectivity index (χ2v) is 5.71. The molecule has 112 valence electrons. The number of halogens is 1. The first-order valence-corrected chi connectivity index (χ1v) is 7.54. The van der Waals surface area contributed by atoms with E-state index in [0.717, 1.165) is 38.8 Å². The van der Waals surface area contributed by atoms with Gasteiger partial charge in [-0.3, -0.25) is 0 Å². The van der Waals surface area contributed by atoms with Gasteiger partial charge in [0.25, 0.3) is 0 Å². The van der Waals surface area contributed by atoms with E-state index in [4.69, 9.17) is 4.52 Å². The topological polar surface area (TPSA) is 51.0 Å². The van der Waals surface area contributed by atoms with Gasteiger partial charge in [0, 0.05) is 5.56 Å². The van der Waals surface area contributed by atoms with Crippen molar-refractivity contribution >= 4 is 0 Å². The second kappa shape index (κ2) is 5.93. The third-order valence-corrected chi connectivity index (χ3v) is 4.25. The van der Waals surface area contributed by atoms with E-state index < -0.39 is 0 Å². The van der Waals surface area contributed by atoms with Crippen molar-refractivity contribution in [3.8, 4) is 11.4 Å². The van der Waals surface area contributed by atoms with E-state index in [9.17, 15) is 4.39 Å². The standard InChI is InChI=1S/C16H20FN3O/c1-2-6-16(7-9-18-10-8-16)15-19-14(20-21-15)12-4-3-5-13(17)11-12/h3-5,11,18H,2,6-10H2,1H3. The zero-order valence-electron chi connectivity index (χ0n) is 12.2. The van der Waals surface area contributed by atoms with Crippen LogP contribution in [-0.2, 0) is 5.41 Å². The smallest absolute Gasteiger partial charge is 0.233 e. The maximum atomic E-state index is 13.3. The second-order valence-electron chi connectivity index (χ2n) is 5.71. The highest BCUT2D eigenvalue weighted by atomic mass is 19.1. The Bertz CT molecular complexity index is 600. The Kier molecular flexibility index (Phi) is 4.01. The summed E-state index contributed by atoms with van der Waals surface area (Å²) in [5.41, 5.74) is 0.629. The average Bonchev–Trinajstić information content (AvgIpc) is 2.99. The molecular formula is C16H20FN3O. The maximum Gasteiger partial charge on any atom is 0.233 e. The number of hydrogen-bond donors (Lipinski definition) is 1. The summed E-state index contributed by atoms with van der Waals surface area (Å²) in [5, 5.41) is 7.43. The Morgan fingerprint density at radius 1 is 1.33 bits per heavy atom. The molecule has 0 bridgehead atoms. The quantitative estimate of drug-likeness (QED) is 0.938. The zero-order chi connectivity index (χ0) is 14.7. The van der Waals surface area contributed by atoms with Crippen LogP contribution in [0.3, 0.4) is 0 Å². The highest BCUT2D eigenvalue weighted by Crippen LogP contribution is 2.37. The molecule has 1 saturated heterocycles. The van der Waals surface area contributed by atoms with Gasteiger partial charge in [0.1, 0.15) is 5.82 Å². The molecule has 1 N–H and O–H groups in total. The molecule has 1 aliphatic rings. The molecule has 0 amide bonds. The van der Waals surface area contributed by atoms with Crippen molar-refractivity contribution in [1.29, 1.82) is 0 Å². The summed E-state index contributed by atoms with van der Waals surface area (Å²) in [6.07, 6.45) is 4.13. The third-order valence-electron chi connectivity index (χ3n) is 4.25. The molecule has 3 rings (SSSR count). The normalized spacial score (nSPS) is 17.8. The zero-order valence-corrected chi connectivity index (χ0v) is 12.2. The molecule has 1 fully saturated rings. The SMILES string of the molecule is CCCC1(c2nc(-c3cccc(F)c3)no2)CCNCC1. The van der Waals surface area contributed by atoms with Crippen molar-refractivity contribution in [2.75, 3.05) is 13.1 Å². The number of rotatable bonds is 4. The van der Waals surface area contributed by atoms with Crippen LogP contribution >= 0.6 is 0 Å². The first-order valence-electron chi connectivity index (χ1n) is 7.54. The number of nitrogens with one attached hydrogen (secondary N) is 1. The number of nitrogens with zero attached hydrogens (tertiary/aromatic N) is 2. The summed E-state index contributed by atoms with van der Waals surface area (Å²) in [6, 6.07) is 6.30. The van der Waals surface area contributed by atoms with E-state index in [1.54, 1.807) is 12.1 Å². The third kappa shape index (κ3) is 2.83. The highest BCUT2D eigenvalue weighted by molar-refractivity contribution is 5.54. The first-order chi connectivity index (χ1) is 10.2. The lowest BCUT2D eigenvalue weighted by atomic mass is 9.75. The summed E-state index contributed by atoms with van der Waals surface area (Å²) in [4.78, 5) is 4.56. The van der Waals surface area contributed by atoms with Crippen LogP contribution in [-0.4, -0.2) is 23.2 Å². The van der Waals surface area contributed by atoms with Crippen LogP contribution in [0, 0.1) is 5.82 Å². The highest BCUT2D eigenvalue weighted by Gasteiger charge is 2.38. The van der Waals surface area contributed by atoms with Crippen molar-refractivity contribution in [2.24, 2.45) is 0 Å². The number of hydrogen-bond acceptors (Lipinski definition) is 4. The Hall–Kier alpha value is -1.75. The lowest BCUT2D eigenvalue weighted by Gasteiger charge is -2.34. The van der Waals surface area contributed by atoms with Crippen LogP contribution in [0.2, 0.25) is 0 Å². The summed E-state index contributed by atoms with van der Waals surface area (Å²) in [6.45, 7) is 4.11. The molecule has 4 nitrogen and oxygen atoms in total. The van der Waals surface area contributed by atoms with Gasteiger partial charge in [0.05, 0.1) is 5.41 Å². The van der Waals surface area contributed by atoms with Crippen LogP contribution in [0.15, 0.2) is 28.8 Å². The van der Waals surface area contributed by atoms with E-state index >= 15 is 0 Å². The van der Waals surface area contributed by atoms with E-state index in [2.05, 4.69) is 22.4 Å². The molecule has 1 aromatic carbocycles.